The summed E-state index contributed by atoms with van der Waals surface area (Å²) in [6, 6.07) is -0.695. The number of piperidine rings is 2. The number of primary amides is 1. The second kappa shape index (κ2) is 7.63. The molecule has 2 rings (SSSR count). The van der Waals surface area contributed by atoms with E-state index in [2.05, 4.69) is 5.32 Å². The molecule has 130 valence electrons. The highest BCUT2D eigenvalue weighted by Gasteiger charge is 2.42. The maximum absolute atomic E-state index is 12.2. The van der Waals surface area contributed by atoms with E-state index in [0.29, 0.717) is 39.2 Å². The van der Waals surface area contributed by atoms with Crippen molar-refractivity contribution in [2.45, 2.75) is 25.7 Å². The van der Waals surface area contributed by atoms with E-state index in [0.717, 1.165) is 19.3 Å². The average Bonchev–Trinajstić information content (AvgIpc) is 2.54. The van der Waals surface area contributed by atoms with E-state index in [9.17, 15) is 14.4 Å². The molecule has 0 radical (unpaired) electrons. The number of hydrogen-bond acceptors (Lipinski definition) is 4. The van der Waals surface area contributed by atoms with Crippen molar-refractivity contribution >= 4 is 17.8 Å². The number of ether oxygens (including phenoxy) is 1. The molecule has 2 fully saturated rings. The molecule has 8 nitrogen and oxygen atoms in total. The Labute approximate surface area is 136 Å². The zero-order valence-electron chi connectivity index (χ0n) is 13.7. The van der Waals surface area contributed by atoms with Crippen molar-refractivity contribution < 1.29 is 19.1 Å². The summed E-state index contributed by atoms with van der Waals surface area (Å²) in [6.07, 6.45) is 3.25. The Kier molecular flexibility index (Phi) is 5.81. The number of rotatable bonds is 5. The van der Waals surface area contributed by atoms with Gasteiger partial charge in [0.25, 0.3) is 0 Å². The zero-order valence-corrected chi connectivity index (χ0v) is 13.7. The van der Waals surface area contributed by atoms with Crippen molar-refractivity contribution in [1.82, 2.24) is 15.1 Å². The fourth-order valence-corrected chi connectivity index (χ4v) is 3.54. The van der Waals surface area contributed by atoms with Crippen LogP contribution in [0.5, 0.6) is 0 Å². The topological polar surface area (TPSA) is 105 Å². The van der Waals surface area contributed by atoms with Crippen LogP contribution in [0.1, 0.15) is 25.7 Å². The molecular formula is C15H26N4O4. The Morgan fingerprint density at radius 2 is 2.13 bits per heavy atom. The number of methoxy groups -OCH3 is 1. The van der Waals surface area contributed by atoms with Gasteiger partial charge in [0.05, 0.1) is 13.2 Å². The molecule has 23 heavy (non-hydrogen) atoms. The third-order valence-corrected chi connectivity index (χ3v) is 4.74. The minimum absolute atomic E-state index is 0.0394. The highest BCUT2D eigenvalue weighted by atomic mass is 16.5. The zero-order chi connectivity index (χ0) is 16.9. The highest BCUT2D eigenvalue weighted by molar-refractivity contribution is 5.83. The number of urea groups is 1. The van der Waals surface area contributed by atoms with Crippen molar-refractivity contribution in [2.75, 3.05) is 46.4 Å². The summed E-state index contributed by atoms with van der Waals surface area (Å²) >= 11 is 0. The van der Waals surface area contributed by atoms with Crippen LogP contribution in [0.4, 0.5) is 4.79 Å². The van der Waals surface area contributed by atoms with Crippen molar-refractivity contribution in [2.24, 2.45) is 11.1 Å². The summed E-state index contributed by atoms with van der Waals surface area (Å²) in [5.74, 6) is 0.0368. The summed E-state index contributed by atoms with van der Waals surface area (Å²) in [6.45, 7) is 3.03. The summed E-state index contributed by atoms with van der Waals surface area (Å²) in [5, 5.41) is 2.34. The normalized spacial score (nSPS) is 24.8. The highest BCUT2D eigenvalue weighted by Crippen LogP contribution is 2.38. The second-order valence-electron chi connectivity index (χ2n) is 6.44. The molecule has 3 N–H and O–H groups in total. The number of carbonyl (C=O) groups excluding carboxylic acids is 3. The largest absolute Gasteiger partial charge is 0.383 e. The van der Waals surface area contributed by atoms with Gasteiger partial charge in [-0.1, -0.05) is 0 Å². The molecule has 0 bridgehead atoms. The lowest BCUT2D eigenvalue weighted by Crippen LogP contribution is -2.56. The molecule has 2 saturated heterocycles. The van der Waals surface area contributed by atoms with Crippen LogP contribution in [0.25, 0.3) is 0 Å². The first kappa shape index (κ1) is 17.5. The Hall–Kier alpha value is -1.83. The van der Waals surface area contributed by atoms with Crippen molar-refractivity contribution in [3.63, 3.8) is 0 Å². The molecule has 8 heteroatoms. The number of nitrogens with two attached hydrogens (primary N) is 1. The quantitative estimate of drug-likeness (QED) is 0.712. The maximum Gasteiger partial charge on any atom is 0.312 e. The molecule has 0 aromatic rings. The molecular weight excluding hydrogens is 300 g/mol. The van der Waals surface area contributed by atoms with E-state index in [1.54, 1.807) is 12.0 Å². The van der Waals surface area contributed by atoms with Gasteiger partial charge in [-0.3, -0.25) is 9.59 Å². The second-order valence-corrected chi connectivity index (χ2v) is 6.44. The van der Waals surface area contributed by atoms with Crippen molar-refractivity contribution in [3.8, 4) is 0 Å². The molecule has 0 saturated carbocycles. The number of nitrogens with one attached hydrogen (secondary N) is 1. The molecule has 2 aliphatic rings. The number of nitrogens with zero attached hydrogens (tertiary/aromatic N) is 2. The summed E-state index contributed by atoms with van der Waals surface area (Å²) in [4.78, 5) is 38.6. The van der Waals surface area contributed by atoms with Gasteiger partial charge < -0.3 is 25.6 Å². The number of hydrogen-bond donors (Lipinski definition) is 2. The van der Waals surface area contributed by atoms with Crippen LogP contribution in [-0.2, 0) is 14.3 Å². The van der Waals surface area contributed by atoms with Crippen LogP contribution < -0.4 is 11.1 Å². The predicted molar refractivity (Wildman–Crippen MR) is 83.5 cm³/mol. The van der Waals surface area contributed by atoms with Gasteiger partial charge in [-0.15, -0.1) is 0 Å². The monoisotopic (exact) mass is 326 g/mol. The Morgan fingerprint density at radius 1 is 1.35 bits per heavy atom. The van der Waals surface area contributed by atoms with Gasteiger partial charge in [-0.2, -0.15) is 0 Å². The first-order valence-corrected chi connectivity index (χ1v) is 8.03. The SMILES string of the molecule is COCCN1CC2(CCCN(C(=O)CNC(N)=O)C2)CCC1=O. The van der Waals surface area contributed by atoms with Gasteiger partial charge in [-0.25, -0.2) is 4.79 Å². The lowest BCUT2D eigenvalue weighted by Gasteiger charge is -2.48. The number of carbonyl (C=O) groups is 3. The lowest BCUT2D eigenvalue weighted by atomic mass is 9.73. The molecule has 4 amide bonds. The summed E-state index contributed by atoms with van der Waals surface area (Å²) in [7, 11) is 1.62. The maximum atomic E-state index is 12.2. The van der Waals surface area contributed by atoms with Gasteiger partial charge in [0.2, 0.25) is 11.8 Å². The molecule has 0 aromatic carbocycles. The van der Waals surface area contributed by atoms with E-state index in [-0.39, 0.29) is 23.8 Å². The van der Waals surface area contributed by atoms with Gasteiger partial charge in [0.15, 0.2) is 0 Å². The predicted octanol–water partition coefficient (Wildman–Crippen LogP) is -0.468. The van der Waals surface area contributed by atoms with E-state index in [1.165, 1.54) is 0 Å². The Morgan fingerprint density at radius 3 is 2.83 bits per heavy atom. The number of amides is 4. The molecule has 1 unspecified atom stereocenters. The fourth-order valence-electron chi connectivity index (χ4n) is 3.54. The van der Waals surface area contributed by atoms with E-state index < -0.39 is 6.03 Å². The first-order valence-electron chi connectivity index (χ1n) is 8.03. The average molecular weight is 326 g/mol. The van der Waals surface area contributed by atoms with E-state index in [4.69, 9.17) is 10.5 Å². The third kappa shape index (κ3) is 4.57. The molecule has 2 heterocycles. The van der Waals surface area contributed by atoms with Gasteiger partial charge >= 0.3 is 6.03 Å². The third-order valence-electron chi connectivity index (χ3n) is 4.74. The van der Waals surface area contributed by atoms with Gasteiger partial charge in [0.1, 0.15) is 0 Å². The Balaban J connectivity index is 1.96. The summed E-state index contributed by atoms with van der Waals surface area (Å²) in [5.41, 5.74) is 4.97. The Bertz CT molecular complexity index is 470. The molecule has 0 aliphatic carbocycles. The lowest BCUT2D eigenvalue weighted by molar-refractivity contribution is -0.143. The summed E-state index contributed by atoms with van der Waals surface area (Å²) < 4.78 is 5.07. The van der Waals surface area contributed by atoms with Crippen LogP contribution in [-0.4, -0.2) is 74.1 Å². The van der Waals surface area contributed by atoms with Crippen LogP contribution >= 0.6 is 0 Å². The van der Waals surface area contributed by atoms with Gasteiger partial charge in [-0.05, 0) is 19.3 Å². The van der Waals surface area contributed by atoms with Crippen molar-refractivity contribution in [3.05, 3.63) is 0 Å². The van der Waals surface area contributed by atoms with Gasteiger partial charge in [0, 0.05) is 45.1 Å². The van der Waals surface area contributed by atoms with Crippen LogP contribution in [0.2, 0.25) is 0 Å². The minimum atomic E-state index is -0.695. The van der Waals surface area contributed by atoms with Crippen LogP contribution in [0, 0.1) is 5.41 Å². The molecule has 2 aliphatic heterocycles. The van der Waals surface area contributed by atoms with Crippen LogP contribution in [0.3, 0.4) is 0 Å². The van der Waals surface area contributed by atoms with Crippen molar-refractivity contribution in [1.29, 1.82) is 0 Å². The van der Waals surface area contributed by atoms with Crippen LogP contribution in [0.15, 0.2) is 0 Å². The first-order chi connectivity index (χ1) is 11.0. The van der Waals surface area contributed by atoms with E-state index >= 15 is 0 Å². The molecule has 0 aromatic heterocycles. The minimum Gasteiger partial charge on any atom is -0.383 e. The number of likely N-dealkylation sites (tertiary alicyclic amines) is 2. The van der Waals surface area contributed by atoms with E-state index in [1.807, 2.05) is 4.90 Å². The molecule has 1 atom stereocenters. The smallest absolute Gasteiger partial charge is 0.312 e. The standard InChI is InChI=1S/C15H26N4O4/c1-23-8-7-19-11-15(5-3-12(19)20)4-2-6-18(10-15)13(21)9-17-14(16)22/h2-11H2,1H3,(H3,16,17,22). The fraction of sp³-hybridized carbons (Fsp3) is 0.800. The molecule has 1 spiro atoms.